The van der Waals surface area contributed by atoms with Crippen LogP contribution in [0.3, 0.4) is 0 Å². The Labute approximate surface area is 214 Å². The highest BCUT2D eigenvalue weighted by Crippen LogP contribution is 2.36. The molecule has 3 aromatic carbocycles. The van der Waals surface area contributed by atoms with E-state index in [1.54, 1.807) is 30.3 Å². The molecule has 3 aromatic rings. The van der Waals surface area contributed by atoms with Crippen molar-refractivity contribution in [2.24, 2.45) is 16.0 Å². The van der Waals surface area contributed by atoms with Gasteiger partial charge in [-0.1, -0.05) is 36.4 Å². The van der Waals surface area contributed by atoms with E-state index in [0.29, 0.717) is 0 Å². The van der Waals surface area contributed by atoms with Crippen LogP contribution in [0, 0.1) is 0 Å². The molecule has 0 aliphatic carbocycles. The number of thiocarbonyl (C=S) groups is 1. The molecule has 0 atom stereocenters. The van der Waals surface area contributed by atoms with Crippen molar-refractivity contribution in [3.8, 4) is 5.75 Å². The summed E-state index contributed by atoms with van der Waals surface area (Å²) in [7, 11) is -4.10. The molecule has 4 rings (SSSR count). The molecular weight excluding hydrogens is 531 g/mol. The fraction of sp³-hybridized carbons (Fsp3) is 0.0870. The summed E-state index contributed by atoms with van der Waals surface area (Å²) >= 11 is 5.06. The van der Waals surface area contributed by atoms with E-state index in [4.69, 9.17) is 23.1 Å². The van der Waals surface area contributed by atoms with E-state index in [-0.39, 0.29) is 39.2 Å². The Morgan fingerprint density at radius 1 is 1.05 bits per heavy atom. The number of anilines is 2. The molecule has 0 bridgehead atoms. The number of carbonyl (C=O) groups is 1. The van der Waals surface area contributed by atoms with Gasteiger partial charge in [-0.3, -0.25) is 4.79 Å². The highest BCUT2D eigenvalue weighted by Gasteiger charge is 2.37. The molecule has 192 valence electrons. The van der Waals surface area contributed by atoms with Crippen LogP contribution in [0.2, 0.25) is 0 Å². The fourth-order valence-corrected chi connectivity index (χ4v) is 4.34. The lowest BCUT2D eigenvalue weighted by atomic mass is 10.1. The number of hydrogen-bond acceptors (Lipinski definition) is 6. The topological polar surface area (TPSA) is 131 Å². The Balaban J connectivity index is 1.84. The van der Waals surface area contributed by atoms with Gasteiger partial charge in [0.2, 0.25) is 10.0 Å². The highest BCUT2D eigenvalue weighted by atomic mass is 32.2. The summed E-state index contributed by atoms with van der Waals surface area (Å²) in [6.45, 7) is 0.0964. The Hall–Kier alpha value is -4.01. The Bertz CT molecular complexity index is 1510. The molecule has 1 aliphatic rings. The Kier molecular flexibility index (Phi) is 6.90. The molecule has 0 unspecified atom stereocenters. The molecule has 37 heavy (non-hydrogen) atoms. The van der Waals surface area contributed by atoms with Crippen LogP contribution in [0.5, 0.6) is 5.75 Å². The molecule has 0 saturated heterocycles. The summed E-state index contributed by atoms with van der Waals surface area (Å²) in [4.78, 5) is 14.5. The van der Waals surface area contributed by atoms with Gasteiger partial charge in [-0.05, 0) is 54.2 Å². The standard InChI is InChI=1S/C23H18F3N5O4S2/c24-23(25,26)35-16-9-10-19-18(12-16)20(21(32)30(19)13-14-5-2-1-3-6-14)29-31(22(27)36)15-7-4-8-17(11-15)37(28,33)34/h1-12H,13H2,(H2,27,36)(H2,28,33,34)/b29-20-. The van der Waals surface area contributed by atoms with Gasteiger partial charge in [0.1, 0.15) is 5.75 Å². The van der Waals surface area contributed by atoms with E-state index in [9.17, 15) is 26.4 Å². The van der Waals surface area contributed by atoms with Gasteiger partial charge < -0.3 is 15.4 Å². The van der Waals surface area contributed by atoms with E-state index in [1.165, 1.54) is 29.2 Å². The van der Waals surface area contributed by atoms with Crippen molar-refractivity contribution in [3.63, 3.8) is 0 Å². The zero-order valence-corrected chi connectivity index (χ0v) is 20.3. The van der Waals surface area contributed by atoms with Crippen LogP contribution < -0.4 is 25.5 Å². The van der Waals surface area contributed by atoms with Gasteiger partial charge in [0, 0.05) is 5.56 Å². The van der Waals surface area contributed by atoms with Crippen molar-refractivity contribution in [3.05, 3.63) is 83.9 Å². The van der Waals surface area contributed by atoms with Crippen LogP contribution in [0.1, 0.15) is 11.1 Å². The van der Waals surface area contributed by atoms with Gasteiger partial charge in [0.15, 0.2) is 10.8 Å². The second kappa shape index (κ2) is 9.80. The third kappa shape index (κ3) is 5.87. The summed E-state index contributed by atoms with van der Waals surface area (Å²) in [5.41, 5.74) is 6.66. The quantitative estimate of drug-likeness (QED) is 0.357. The monoisotopic (exact) mass is 549 g/mol. The zero-order valence-electron chi connectivity index (χ0n) is 18.7. The molecule has 0 fully saturated rings. The first-order chi connectivity index (χ1) is 17.3. The first-order valence-electron chi connectivity index (χ1n) is 10.4. The fourth-order valence-electron chi connectivity index (χ4n) is 3.64. The molecule has 1 aliphatic heterocycles. The molecule has 0 radical (unpaired) electrons. The third-order valence-electron chi connectivity index (χ3n) is 5.18. The molecular formula is C23H18F3N5O4S2. The molecule has 14 heteroatoms. The minimum absolute atomic E-state index is 0.0338. The van der Waals surface area contributed by atoms with Gasteiger partial charge in [-0.15, -0.1) is 13.2 Å². The summed E-state index contributed by atoms with van der Waals surface area (Å²) in [5.74, 6) is -1.21. The smallest absolute Gasteiger partial charge is 0.406 e. The molecule has 1 amide bonds. The predicted octanol–water partition coefficient (Wildman–Crippen LogP) is 3.23. The van der Waals surface area contributed by atoms with E-state index >= 15 is 0 Å². The Morgan fingerprint density at radius 3 is 2.38 bits per heavy atom. The maximum atomic E-state index is 13.5. The van der Waals surface area contributed by atoms with Crippen LogP contribution in [-0.2, 0) is 21.4 Å². The highest BCUT2D eigenvalue weighted by molar-refractivity contribution is 7.89. The molecule has 4 N–H and O–H groups in total. The van der Waals surface area contributed by atoms with Gasteiger partial charge in [0.25, 0.3) is 5.91 Å². The lowest BCUT2D eigenvalue weighted by molar-refractivity contribution is -0.274. The molecule has 0 aromatic heterocycles. The molecule has 0 saturated carbocycles. The van der Waals surface area contributed by atoms with E-state index in [1.807, 2.05) is 0 Å². The number of sulfonamides is 1. The average Bonchev–Trinajstić information content (AvgIpc) is 3.06. The first-order valence-corrected chi connectivity index (χ1v) is 12.4. The second-order valence-electron chi connectivity index (χ2n) is 7.74. The Morgan fingerprint density at radius 2 is 1.76 bits per heavy atom. The van der Waals surface area contributed by atoms with Crippen LogP contribution >= 0.6 is 12.2 Å². The summed E-state index contributed by atoms with van der Waals surface area (Å²) < 4.78 is 66.2. The number of hydrazone groups is 1. The van der Waals surface area contributed by atoms with Crippen LogP contribution in [-0.4, -0.2) is 31.5 Å². The third-order valence-corrected chi connectivity index (χ3v) is 6.26. The van der Waals surface area contributed by atoms with Crippen molar-refractivity contribution >= 4 is 50.3 Å². The van der Waals surface area contributed by atoms with Crippen molar-refractivity contribution in [1.29, 1.82) is 0 Å². The van der Waals surface area contributed by atoms with Crippen LogP contribution in [0.15, 0.2) is 82.8 Å². The number of nitrogens with zero attached hydrogens (tertiary/aromatic N) is 3. The van der Waals surface area contributed by atoms with Gasteiger partial charge in [-0.2, -0.15) is 5.10 Å². The summed E-state index contributed by atoms with van der Waals surface area (Å²) in [6, 6.07) is 17.5. The molecule has 9 nitrogen and oxygen atoms in total. The van der Waals surface area contributed by atoms with Gasteiger partial charge >= 0.3 is 6.36 Å². The number of halogens is 3. The number of primary sulfonamides is 1. The number of benzene rings is 3. The van der Waals surface area contributed by atoms with Crippen LogP contribution in [0.25, 0.3) is 0 Å². The lowest BCUT2D eigenvalue weighted by Crippen LogP contribution is -2.35. The van der Waals surface area contributed by atoms with Crippen molar-refractivity contribution in [2.45, 2.75) is 17.8 Å². The normalized spacial score (nSPS) is 14.5. The number of ether oxygens (including phenoxy) is 1. The first kappa shape index (κ1) is 26.1. The zero-order chi connectivity index (χ0) is 27.0. The summed E-state index contributed by atoms with van der Waals surface area (Å²) in [6.07, 6.45) is -4.96. The number of nitrogens with two attached hydrogens (primary N) is 2. The van der Waals surface area contributed by atoms with Crippen LogP contribution in [0.4, 0.5) is 24.5 Å². The average molecular weight is 550 g/mol. The molecule has 0 spiro atoms. The largest absolute Gasteiger partial charge is 0.573 e. The minimum Gasteiger partial charge on any atom is -0.406 e. The number of fused-ring (bicyclic) bond motifs is 1. The molecule has 1 heterocycles. The summed E-state index contributed by atoms with van der Waals surface area (Å²) in [5, 5.41) is 9.99. The SMILES string of the molecule is NC(=S)N(/N=C1\C(=O)N(Cc2ccccc2)c2ccc(OC(F)(F)F)cc21)c1cccc(S(N)(=O)=O)c1. The van der Waals surface area contributed by atoms with E-state index < -0.39 is 28.0 Å². The number of rotatable bonds is 6. The van der Waals surface area contributed by atoms with Gasteiger partial charge in [0.05, 0.1) is 22.8 Å². The lowest BCUT2D eigenvalue weighted by Gasteiger charge is -2.19. The van der Waals surface area contributed by atoms with Crippen molar-refractivity contribution in [2.75, 3.05) is 9.91 Å². The van der Waals surface area contributed by atoms with E-state index in [0.717, 1.165) is 28.8 Å². The maximum Gasteiger partial charge on any atom is 0.573 e. The van der Waals surface area contributed by atoms with E-state index in [2.05, 4.69) is 9.84 Å². The number of alkyl halides is 3. The maximum absolute atomic E-state index is 13.5. The van der Waals surface area contributed by atoms with Crippen molar-refractivity contribution in [1.82, 2.24) is 0 Å². The predicted molar refractivity (Wildman–Crippen MR) is 134 cm³/mol. The number of amides is 1. The van der Waals surface area contributed by atoms with Gasteiger partial charge in [-0.25, -0.2) is 18.6 Å². The number of carbonyl (C=O) groups excluding carboxylic acids is 1. The van der Waals surface area contributed by atoms with Crippen molar-refractivity contribution < 1.29 is 31.1 Å². The minimum atomic E-state index is -4.96. The number of hydrogen-bond donors (Lipinski definition) is 2. The second-order valence-corrected chi connectivity index (χ2v) is 9.72.